The number of ether oxygens (including phenoxy) is 1. The van der Waals surface area contributed by atoms with Crippen LogP contribution in [0.2, 0.25) is 0 Å². The van der Waals surface area contributed by atoms with Crippen molar-refractivity contribution in [2.75, 3.05) is 26.2 Å². The summed E-state index contributed by atoms with van der Waals surface area (Å²) in [4.78, 5) is 4.69. The molecule has 1 aromatic rings. The first-order valence-electron chi connectivity index (χ1n) is 11.4. The number of nitrogens with zero attached hydrogens (tertiary/aromatic N) is 4. The Balaban J connectivity index is 0.00000300. The van der Waals surface area contributed by atoms with Crippen molar-refractivity contribution in [1.82, 2.24) is 25.4 Å². The van der Waals surface area contributed by atoms with Gasteiger partial charge in [0.25, 0.3) is 0 Å². The van der Waals surface area contributed by atoms with Crippen molar-refractivity contribution >= 4 is 29.9 Å². The topological polar surface area (TPSA) is 76.4 Å². The molecule has 1 aromatic heterocycles. The highest BCUT2D eigenvalue weighted by atomic mass is 127. The van der Waals surface area contributed by atoms with Gasteiger partial charge in [0.1, 0.15) is 11.6 Å². The maximum atomic E-state index is 5.99. The Bertz CT molecular complexity index is 600. The minimum Gasteiger partial charge on any atom is -0.378 e. The fourth-order valence-electron chi connectivity index (χ4n) is 4.10. The summed E-state index contributed by atoms with van der Waals surface area (Å²) in [5, 5.41) is 15.6. The lowest BCUT2D eigenvalue weighted by atomic mass is 9.98. The third-order valence-electron chi connectivity index (χ3n) is 5.65. The molecule has 1 aliphatic carbocycles. The number of halogens is 1. The molecule has 0 saturated heterocycles. The average Bonchev–Trinajstić information content (AvgIpc) is 2.95. The SMILES string of the molecule is CCNC(=NCCCOC1CCCCC1)NCCc1nnc2n1CCCCC2.I. The molecule has 0 spiro atoms. The van der Waals surface area contributed by atoms with E-state index in [0.717, 1.165) is 69.7 Å². The molecule has 29 heavy (non-hydrogen) atoms. The van der Waals surface area contributed by atoms with E-state index in [9.17, 15) is 0 Å². The molecule has 1 fully saturated rings. The highest BCUT2D eigenvalue weighted by Crippen LogP contribution is 2.20. The second kappa shape index (κ2) is 14.2. The number of aromatic nitrogens is 3. The van der Waals surface area contributed by atoms with Crippen LogP contribution in [0, 0.1) is 0 Å². The van der Waals surface area contributed by atoms with Gasteiger partial charge < -0.3 is 19.9 Å². The maximum Gasteiger partial charge on any atom is 0.191 e. The van der Waals surface area contributed by atoms with Crippen molar-refractivity contribution < 1.29 is 4.74 Å². The Morgan fingerprint density at radius 1 is 1.10 bits per heavy atom. The molecular weight excluding hydrogens is 479 g/mol. The summed E-state index contributed by atoms with van der Waals surface area (Å²) in [6, 6.07) is 0. The van der Waals surface area contributed by atoms with Gasteiger partial charge in [0, 0.05) is 45.6 Å². The number of hydrogen-bond acceptors (Lipinski definition) is 4. The van der Waals surface area contributed by atoms with Crippen LogP contribution in [-0.4, -0.2) is 53.1 Å². The van der Waals surface area contributed by atoms with Crippen LogP contribution >= 0.6 is 24.0 Å². The maximum absolute atomic E-state index is 5.99. The summed E-state index contributed by atoms with van der Waals surface area (Å²) < 4.78 is 8.31. The van der Waals surface area contributed by atoms with E-state index in [1.54, 1.807) is 0 Å². The van der Waals surface area contributed by atoms with Crippen LogP contribution in [0.1, 0.15) is 76.4 Å². The lowest BCUT2D eigenvalue weighted by Gasteiger charge is -2.21. The number of guanidine groups is 1. The zero-order valence-electron chi connectivity index (χ0n) is 18.0. The highest BCUT2D eigenvalue weighted by molar-refractivity contribution is 14.0. The minimum absolute atomic E-state index is 0. The molecule has 166 valence electrons. The zero-order chi connectivity index (χ0) is 19.4. The first-order chi connectivity index (χ1) is 13.9. The Morgan fingerprint density at radius 2 is 1.93 bits per heavy atom. The largest absolute Gasteiger partial charge is 0.378 e. The van der Waals surface area contributed by atoms with E-state index in [2.05, 4.69) is 37.3 Å². The van der Waals surface area contributed by atoms with Crippen molar-refractivity contribution in [3.05, 3.63) is 11.6 Å². The van der Waals surface area contributed by atoms with Gasteiger partial charge in [-0.25, -0.2) is 0 Å². The van der Waals surface area contributed by atoms with Gasteiger partial charge in [0.15, 0.2) is 5.96 Å². The Morgan fingerprint density at radius 3 is 2.76 bits per heavy atom. The molecule has 0 aromatic carbocycles. The third-order valence-corrected chi connectivity index (χ3v) is 5.65. The van der Waals surface area contributed by atoms with Crippen LogP contribution in [0.5, 0.6) is 0 Å². The monoisotopic (exact) mass is 518 g/mol. The van der Waals surface area contributed by atoms with Gasteiger partial charge >= 0.3 is 0 Å². The van der Waals surface area contributed by atoms with Crippen molar-refractivity contribution in [2.45, 2.75) is 90.2 Å². The molecule has 8 heteroatoms. The molecule has 7 nitrogen and oxygen atoms in total. The van der Waals surface area contributed by atoms with Crippen molar-refractivity contribution in [2.24, 2.45) is 4.99 Å². The van der Waals surface area contributed by atoms with Gasteiger partial charge in [-0.15, -0.1) is 34.2 Å². The number of aryl methyl sites for hydroxylation is 1. The number of hydrogen-bond donors (Lipinski definition) is 2. The molecule has 1 aliphatic heterocycles. The van der Waals surface area contributed by atoms with Crippen LogP contribution in [0.15, 0.2) is 4.99 Å². The van der Waals surface area contributed by atoms with E-state index in [4.69, 9.17) is 4.74 Å². The highest BCUT2D eigenvalue weighted by Gasteiger charge is 2.14. The third kappa shape index (κ3) is 8.39. The molecule has 1 saturated carbocycles. The predicted octanol–water partition coefficient (Wildman–Crippen LogP) is 3.46. The number of nitrogens with one attached hydrogen (secondary N) is 2. The van der Waals surface area contributed by atoms with E-state index in [1.165, 1.54) is 51.4 Å². The number of rotatable bonds is 9. The smallest absolute Gasteiger partial charge is 0.191 e. The Labute approximate surface area is 192 Å². The summed E-state index contributed by atoms with van der Waals surface area (Å²) in [6.07, 6.45) is 13.7. The molecule has 2 heterocycles. The fourth-order valence-corrected chi connectivity index (χ4v) is 4.10. The van der Waals surface area contributed by atoms with Gasteiger partial charge in [-0.05, 0) is 39.0 Å². The predicted molar refractivity (Wildman–Crippen MR) is 128 cm³/mol. The zero-order valence-corrected chi connectivity index (χ0v) is 20.3. The van der Waals surface area contributed by atoms with Crippen molar-refractivity contribution in [3.63, 3.8) is 0 Å². The molecule has 3 rings (SSSR count). The number of aliphatic imine (C=N–C) groups is 1. The first-order valence-corrected chi connectivity index (χ1v) is 11.4. The standard InChI is InChI=1S/C21H38N6O.HI/c1-2-22-21(23-14-9-17-28-18-10-5-3-6-11-18)24-15-13-20-26-25-19-12-7-4-8-16-27(19)20;/h18H,2-17H2,1H3,(H2,22,23,24);1H. The van der Waals surface area contributed by atoms with Crippen LogP contribution < -0.4 is 10.6 Å². The second-order valence-electron chi connectivity index (χ2n) is 7.92. The molecule has 0 atom stereocenters. The Kier molecular flexibility index (Phi) is 11.9. The lowest BCUT2D eigenvalue weighted by molar-refractivity contribution is 0.0281. The van der Waals surface area contributed by atoms with Gasteiger partial charge in [-0.3, -0.25) is 4.99 Å². The van der Waals surface area contributed by atoms with E-state index in [0.29, 0.717) is 6.10 Å². The molecule has 2 aliphatic rings. The van der Waals surface area contributed by atoms with Crippen LogP contribution in [0.4, 0.5) is 0 Å². The average molecular weight is 518 g/mol. The normalized spacial score (nSPS) is 17.9. The quantitative estimate of drug-likeness (QED) is 0.227. The molecular formula is C21H39IN6O. The Hall–Kier alpha value is -0.900. The van der Waals surface area contributed by atoms with Gasteiger partial charge in [-0.1, -0.05) is 25.7 Å². The second-order valence-corrected chi connectivity index (χ2v) is 7.92. The van der Waals surface area contributed by atoms with Crippen molar-refractivity contribution in [3.8, 4) is 0 Å². The molecule has 2 N–H and O–H groups in total. The summed E-state index contributed by atoms with van der Waals surface area (Å²) in [5.74, 6) is 3.14. The van der Waals surface area contributed by atoms with Crippen LogP contribution in [-0.2, 0) is 24.1 Å². The van der Waals surface area contributed by atoms with Gasteiger partial charge in [-0.2, -0.15) is 0 Å². The number of fused-ring (bicyclic) bond motifs is 1. The first kappa shape index (κ1) is 24.4. The molecule has 0 bridgehead atoms. The van der Waals surface area contributed by atoms with E-state index < -0.39 is 0 Å². The van der Waals surface area contributed by atoms with E-state index in [1.807, 2.05) is 0 Å². The summed E-state index contributed by atoms with van der Waals surface area (Å²) in [7, 11) is 0. The van der Waals surface area contributed by atoms with Gasteiger partial charge in [0.05, 0.1) is 6.10 Å². The fraction of sp³-hybridized carbons (Fsp3) is 0.857. The summed E-state index contributed by atoms with van der Waals surface area (Å²) >= 11 is 0. The molecule has 0 unspecified atom stereocenters. The minimum atomic E-state index is 0. The lowest BCUT2D eigenvalue weighted by Crippen LogP contribution is -2.38. The van der Waals surface area contributed by atoms with E-state index >= 15 is 0 Å². The molecule has 0 radical (unpaired) electrons. The van der Waals surface area contributed by atoms with Crippen LogP contribution in [0.3, 0.4) is 0 Å². The van der Waals surface area contributed by atoms with Crippen LogP contribution in [0.25, 0.3) is 0 Å². The van der Waals surface area contributed by atoms with Gasteiger partial charge in [0.2, 0.25) is 0 Å². The molecule has 0 amide bonds. The van der Waals surface area contributed by atoms with Crippen molar-refractivity contribution in [1.29, 1.82) is 0 Å². The summed E-state index contributed by atoms with van der Waals surface area (Å²) in [5.41, 5.74) is 0. The summed E-state index contributed by atoms with van der Waals surface area (Å²) in [6.45, 7) is 6.46. The van der Waals surface area contributed by atoms with E-state index in [-0.39, 0.29) is 24.0 Å².